The van der Waals surface area contributed by atoms with Gasteiger partial charge in [0.1, 0.15) is 5.75 Å². The number of carbonyl (C=O) groups is 1. The van der Waals surface area contributed by atoms with Gasteiger partial charge in [0.25, 0.3) is 0 Å². The van der Waals surface area contributed by atoms with Gasteiger partial charge in [-0.3, -0.25) is 9.48 Å². The fourth-order valence-electron chi connectivity index (χ4n) is 3.85. The number of aryl methyl sites for hydroxylation is 1. The molecular formula is C22H32N4O4S. The molecule has 0 N–H and O–H groups in total. The third kappa shape index (κ3) is 5.10. The van der Waals surface area contributed by atoms with E-state index in [1.807, 2.05) is 18.5 Å². The molecule has 0 atom stereocenters. The molecule has 0 unspecified atom stereocenters. The fraction of sp³-hybridized carbons (Fsp3) is 0.545. The van der Waals surface area contributed by atoms with Crippen molar-refractivity contribution in [1.29, 1.82) is 0 Å². The van der Waals surface area contributed by atoms with Crippen LogP contribution in [0.2, 0.25) is 0 Å². The molecule has 0 saturated carbocycles. The molecule has 2 heterocycles. The van der Waals surface area contributed by atoms with Gasteiger partial charge in [-0.2, -0.15) is 9.40 Å². The van der Waals surface area contributed by atoms with Crippen LogP contribution in [0.4, 0.5) is 0 Å². The van der Waals surface area contributed by atoms with Crippen LogP contribution in [0.5, 0.6) is 5.75 Å². The molecule has 8 nitrogen and oxygen atoms in total. The highest BCUT2D eigenvalue weighted by atomic mass is 32.2. The molecule has 170 valence electrons. The lowest BCUT2D eigenvalue weighted by atomic mass is 10.1. The Morgan fingerprint density at radius 3 is 2.26 bits per heavy atom. The van der Waals surface area contributed by atoms with Gasteiger partial charge < -0.3 is 9.64 Å². The molecule has 3 rings (SSSR count). The van der Waals surface area contributed by atoms with Crippen molar-refractivity contribution in [3.63, 3.8) is 0 Å². The van der Waals surface area contributed by atoms with Crippen molar-refractivity contribution >= 4 is 15.9 Å². The summed E-state index contributed by atoms with van der Waals surface area (Å²) in [5, 5.41) is 4.59. The lowest BCUT2D eigenvalue weighted by molar-refractivity contribution is -0.131. The Labute approximate surface area is 184 Å². The first-order valence-corrected chi connectivity index (χ1v) is 12.0. The van der Waals surface area contributed by atoms with Crippen LogP contribution in [0, 0.1) is 19.8 Å². The summed E-state index contributed by atoms with van der Waals surface area (Å²) in [6.07, 6.45) is 0.293. The number of nitrogens with zero attached hydrogens (tertiary/aromatic N) is 4. The van der Waals surface area contributed by atoms with Gasteiger partial charge in [0, 0.05) is 44.0 Å². The highest BCUT2D eigenvalue weighted by Gasteiger charge is 2.30. The van der Waals surface area contributed by atoms with Crippen LogP contribution < -0.4 is 4.74 Å². The minimum atomic E-state index is -3.59. The number of hydrogen-bond acceptors (Lipinski definition) is 5. The van der Waals surface area contributed by atoms with Crippen molar-refractivity contribution in [2.45, 2.75) is 45.6 Å². The number of aromatic nitrogens is 2. The van der Waals surface area contributed by atoms with Crippen LogP contribution in [0.3, 0.4) is 0 Å². The molecule has 1 amide bonds. The van der Waals surface area contributed by atoms with E-state index < -0.39 is 10.0 Å². The van der Waals surface area contributed by atoms with Crippen LogP contribution in [-0.2, 0) is 27.8 Å². The van der Waals surface area contributed by atoms with Crippen LogP contribution in [0.25, 0.3) is 0 Å². The number of rotatable bonds is 7. The molecule has 1 aliphatic rings. The maximum absolute atomic E-state index is 12.9. The van der Waals surface area contributed by atoms with E-state index in [9.17, 15) is 13.2 Å². The van der Waals surface area contributed by atoms with Crippen molar-refractivity contribution in [2.75, 3.05) is 33.3 Å². The number of piperazine rings is 1. The Morgan fingerprint density at radius 1 is 1.10 bits per heavy atom. The third-order valence-corrected chi connectivity index (χ3v) is 7.60. The Bertz CT molecular complexity index is 1020. The molecule has 0 aliphatic carbocycles. The number of ether oxygens (including phenoxy) is 1. The zero-order chi connectivity index (χ0) is 22.8. The highest BCUT2D eigenvalue weighted by Crippen LogP contribution is 2.22. The first-order valence-electron chi connectivity index (χ1n) is 10.6. The predicted molar refractivity (Wildman–Crippen MR) is 119 cm³/mol. The highest BCUT2D eigenvalue weighted by molar-refractivity contribution is 7.89. The Balaban J connectivity index is 1.63. The van der Waals surface area contributed by atoms with E-state index in [0.717, 1.165) is 23.5 Å². The number of methoxy groups -OCH3 is 1. The van der Waals surface area contributed by atoms with E-state index in [-0.39, 0.29) is 23.9 Å². The largest absolute Gasteiger partial charge is 0.497 e. The monoisotopic (exact) mass is 448 g/mol. The zero-order valence-corrected chi connectivity index (χ0v) is 19.8. The van der Waals surface area contributed by atoms with Crippen molar-refractivity contribution in [2.24, 2.45) is 5.92 Å². The Morgan fingerprint density at radius 2 is 1.71 bits per heavy atom. The van der Waals surface area contributed by atoms with E-state index in [1.54, 1.807) is 29.2 Å². The molecule has 2 aromatic rings. The third-order valence-electron chi connectivity index (χ3n) is 5.69. The van der Waals surface area contributed by atoms with E-state index in [2.05, 4.69) is 18.9 Å². The Hall–Kier alpha value is -2.39. The SMILES string of the molecule is COc1ccc(S(=O)(=O)N2CCN(C(=O)Cc3c(C)nn(CC(C)C)c3C)CC2)cc1. The van der Waals surface area contributed by atoms with E-state index in [0.29, 0.717) is 31.2 Å². The van der Waals surface area contributed by atoms with E-state index >= 15 is 0 Å². The summed E-state index contributed by atoms with van der Waals surface area (Å²) in [6, 6.07) is 6.37. The lowest BCUT2D eigenvalue weighted by Crippen LogP contribution is -2.50. The van der Waals surface area contributed by atoms with Crippen LogP contribution >= 0.6 is 0 Å². The quantitative estimate of drug-likeness (QED) is 0.649. The predicted octanol–water partition coefficient (Wildman–Crippen LogP) is 2.24. The molecule has 1 fully saturated rings. The van der Waals surface area contributed by atoms with Crippen molar-refractivity contribution in [3.05, 3.63) is 41.2 Å². The van der Waals surface area contributed by atoms with E-state index in [1.165, 1.54) is 11.4 Å². The first-order chi connectivity index (χ1) is 14.6. The van der Waals surface area contributed by atoms with Gasteiger partial charge in [0.05, 0.1) is 24.1 Å². The second-order valence-electron chi connectivity index (χ2n) is 8.36. The summed E-state index contributed by atoms with van der Waals surface area (Å²) < 4.78 is 34.3. The minimum Gasteiger partial charge on any atom is -0.497 e. The maximum atomic E-state index is 12.9. The average molecular weight is 449 g/mol. The summed E-state index contributed by atoms with van der Waals surface area (Å²) in [7, 11) is -2.05. The molecule has 0 spiro atoms. The summed E-state index contributed by atoms with van der Waals surface area (Å²) in [5.41, 5.74) is 2.88. The topological polar surface area (TPSA) is 84.7 Å². The van der Waals surface area contributed by atoms with Crippen LogP contribution in [0.15, 0.2) is 29.2 Å². The summed E-state index contributed by atoms with van der Waals surface area (Å²) in [5.74, 6) is 1.09. The smallest absolute Gasteiger partial charge is 0.243 e. The standard InChI is InChI=1S/C22H32N4O4S/c1-16(2)15-26-18(4)21(17(3)23-26)14-22(27)24-10-12-25(13-11-24)31(28,29)20-8-6-19(30-5)7-9-20/h6-9,16H,10-15H2,1-5H3. The number of benzene rings is 1. The molecule has 9 heteroatoms. The molecule has 1 aromatic carbocycles. The maximum Gasteiger partial charge on any atom is 0.243 e. The molecule has 1 saturated heterocycles. The number of carbonyl (C=O) groups excluding carboxylic acids is 1. The number of sulfonamides is 1. The summed E-state index contributed by atoms with van der Waals surface area (Å²) in [6.45, 7) is 10.4. The molecule has 1 aromatic heterocycles. The Kier molecular flexibility index (Phi) is 7.06. The van der Waals surface area contributed by atoms with E-state index in [4.69, 9.17) is 4.74 Å². The van der Waals surface area contributed by atoms with Gasteiger partial charge in [-0.15, -0.1) is 0 Å². The van der Waals surface area contributed by atoms with Crippen molar-refractivity contribution in [3.8, 4) is 5.75 Å². The molecule has 0 radical (unpaired) electrons. The van der Waals surface area contributed by atoms with Gasteiger partial charge in [-0.05, 0) is 44.0 Å². The number of amides is 1. The lowest BCUT2D eigenvalue weighted by Gasteiger charge is -2.34. The second kappa shape index (κ2) is 9.40. The molecule has 0 bridgehead atoms. The zero-order valence-electron chi connectivity index (χ0n) is 19.0. The van der Waals surface area contributed by atoms with Crippen LogP contribution in [-0.4, -0.2) is 66.6 Å². The van der Waals surface area contributed by atoms with Gasteiger partial charge in [-0.25, -0.2) is 8.42 Å². The number of hydrogen-bond donors (Lipinski definition) is 0. The molecule has 1 aliphatic heterocycles. The molecule has 31 heavy (non-hydrogen) atoms. The van der Waals surface area contributed by atoms with Crippen molar-refractivity contribution < 1.29 is 17.9 Å². The summed E-state index contributed by atoms with van der Waals surface area (Å²) in [4.78, 5) is 14.9. The van der Waals surface area contributed by atoms with Crippen LogP contribution in [0.1, 0.15) is 30.8 Å². The average Bonchev–Trinajstić information content (AvgIpc) is 3.00. The summed E-state index contributed by atoms with van der Waals surface area (Å²) >= 11 is 0. The molecular weight excluding hydrogens is 416 g/mol. The van der Waals surface area contributed by atoms with Gasteiger partial charge >= 0.3 is 0 Å². The van der Waals surface area contributed by atoms with Gasteiger partial charge in [0.2, 0.25) is 15.9 Å². The normalized spacial score (nSPS) is 15.5. The first kappa shape index (κ1) is 23.3. The second-order valence-corrected chi connectivity index (χ2v) is 10.3. The van der Waals surface area contributed by atoms with Gasteiger partial charge in [0.15, 0.2) is 0 Å². The van der Waals surface area contributed by atoms with Gasteiger partial charge in [-0.1, -0.05) is 13.8 Å². The fourth-order valence-corrected chi connectivity index (χ4v) is 5.27. The minimum absolute atomic E-state index is 0.0109. The van der Waals surface area contributed by atoms with Crippen molar-refractivity contribution in [1.82, 2.24) is 19.0 Å².